The summed E-state index contributed by atoms with van der Waals surface area (Å²) in [6.07, 6.45) is 5.18. The quantitative estimate of drug-likeness (QED) is 0.623. The fraction of sp³-hybridized carbons (Fsp3) is 0.286. The smallest absolute Gasteiger partial charge is 0.0153 e. The van der Waals surface area contributed by atoms with Gasteiger partial charge in [-0.25, -0.2) is 0 Å². The lowest BCUT2D eigenvalue weighted by molar-refractivity contribution is 0.693. The van der Waals surface area contributed by atoms with Crippen LogP contribution in [-0.4, -0.2) is 0 Å². The minimum Gasteiger partial charge on any atom is -0.0988 e. The summed E-state index contributed by atoms with van der Waals surface area (Å²) >= 11 is 0. The molecule has 1 aromatic rings. The second kappa shape index (κ2) is 5.43. The van der Waals surface area contributed by atoms with Gasteiger partial charge in [0.1, 0.15) is 0 Å². The Morgan fingerprint density at radius 1 is 1.36 bits per heavy atom. The van der Waals surface area contributed by atoms with Gasteiger partial charge in [-0.3, -0.25) is 0 Å². The van der Waals surface area contributed by atoms with Gasteiger partial charge >= 0.3 is 0 Å². The molecule has 0 heteroatoms. The van der Waals surface area contributed by atoms with E-state index in [4.69, 9.17) is 0 Å². The highest BCUT2D eigenvalue weighted by Gasteiger charge is 2.05. The van der Waals surface area contributed by atoms with E-state index in [0.717, 1.165) is 6.42 Å². The van der Waals surface area contributed by atoms with Gasteiger partial charge < -0.3 is 0 Å². The van der Waals surface area contributed by atoms with Crippen molar-refractivity contribution < 1.29 is 0 Å². The maximum Gasteiger partial charge on any atom is -0.0153 e. The molecule has 74 valence electrons. The highest BCUT2D eigenvalue weighted by atomic mass is 14.1. The third-order valence-corrected chi connectivity index (χ3v) is 2.52. The van der Waals surface area contributed by atoms with E-state index in [1.807, 2.05) is 6.08 Å². The first kappa shape index (κ1) is 10.8. The molecule has 0 nitrogen and oxygen atoms in total. The van der Waals surface area contributed by atoms with E-state index in [9.17, 15) is 0 Å². The predicted octanol–water partition coefficient (Wildman–Crippen LogP) is 4.00. The topological polar surface area (TPSA) is 0 Å². The van der Waals surface area contributed by atoms with Crippen molar-refractivity contribution in [3.63, 3.8) is 0 Å². The molecule has 1 atom stereocenters. The molecule has 0 saturated carbocycles. The van der Waals surface area contributed by atoms with Crippen LogP contribution in [0.2, 0.25) is 0 Å². The van der Waals surface area contributed by atoms with Crippen molar-refractivity contribution in [1.82, 2.24) is 0 Å². The summed E-state index contributed by atoms with van der Waals surface area (Å²) in [5.41, 5.74) is 2.72. The van der Waals surface area contributed by atoms with E-state index in [1.165, 1.54) is 11.1 Å². The van der Waals surface area contributed by atoms with E-state index >= 15 is 0 Å². The van der Waals surface area contributed by atoms with Crippen LogP contribution < -0.4 is 0 Å². The lowest BCUT2D eigenvalue weighted by Crippen LogP contribution is -2.01. The van der Waals surface area contributed by atoms with Gasteiger partial charge in [-0.2, -0.15) is 0 Å². The van der Waals surface area contributed by atoms with Gasteiger partial charge in [-0.1, -0.05) is 56.0 Å². The lowest BCUT2D eigenvalue weighted by atomic mass is 9.93. The summed E-state index contributed by atoms with van der Waals surface area (Å²) in [5, 5.41) is 0. The summed E-state index contributed by atoms with van der Waals surface area (Å²) in [4.78, 5) is 0. The standard InChI is InChI=1S/C14H18/c1-4-14(5-2)12(3)11-13-9-7-6-8-10-13/h4-10,12H,1,11H2,2-3H3/b14-5+. The molecule has 1 unspecified atom stereocenters. The van der Waals surface area contributed by atoms with Crippen LogP contribution in [0, 0.1) is 5.92 Å². The Bertz CT molecular complexity index is 306. The van der Waals surface area contributed by atoms with Gasteiger partial charge in [0.25, 0.3) is 0 Å². The number of allylic oxidation sites excluding steroid dienone is 3. The van der Waals surface area contributed by atoms with Gasteiger partial charge in [0.05, 0.1) is 0 Å². The van der Waals surface area contributed by atoms with Crippen molar-refractivity contribution in [2.24, 2.45) is 5.92 Å². The fourth-order valence-corrected chi connectivity index (χ4v) is 1.69. The molecule has 0 aromatic heterocycles. The van der Waals surface area contributed by atoms with Crippen LogP contribution in [0.25, 0.3) is 0 Å². The van der Waals surface area contributed by atoms with Gasteiger partial charge in [-0.15, -0.1) is 0 Å². The predicted molar refractivity (Wildman–Crippen MR) is 63.3 cm³/mol. The largest absolute Gasteiger partial charge is 0.0988 e. The molecule has 0 amide bonds. The Balaban J connectivity index is 2.66. The van der Waals surface area contributed by atoms with Crippen LogP contribution in [0.1, 0.15) is 19.4 Å². The second-order valence-electron chi connectivity index (χ2n) is 3.58. The molecule has 1 aromatic carbocycles. The van der Waals surface area contributed by atoms with Crippen LogP contribution >= 0.6 is 0 Å². The molecular weight excluding hydrogens is 168 g/mol. The van der Waals surface area contributed by atoms with Crippen LogP contribution in [0.5, 0.6) is 0 Å². The van der Waals surface area contributed by atoms with Crippen LogP contribution in [0.4, 0.5) is 0 Å². The normalized spacial score (nSPS) is 13.7. The number of hydrogen-bond donors (Lipinski definition) is 0. The summed E-state index contributed by atoms with van der Waals surface area (Å²) in [6.45, 7) is 8.13. The molecule has 0 aliphatic heterocycles. The monoisotopic (exact) mass is 186 g/mol. The summed E-state index contributed by atoms with van der Waals surface area (Å²) in [7, 11) is 0. The molecule has 0 bridgehead atoms. The molecule has 0 aliphatic rings. The Kier molecular flexibility index (Phi) is 4.18. The van der Waals surface area contributed by atoms with Crippen molar-refractivity contribution in [2.45, 2.75) is 20.3 Å². The molecule has 0 saturated heterocycles. The van der Waals surface area contributed by atoms with E-state index < -0.39 is 0 Å². The Hall–Kier alpha value is -1.30. The van der Waals surface area contributed by atoms with Crippen molar-refractivity contribution in [2.75, 3.05) is 0 Å². The van der Waals surface area contributed by atoms with Crippen LogP contribution in [-0.2, 0) is 6.42 Å². The zero-order chi connectivity index (χ0) is 10.4. The summed E-state index contributed by atoms with van der Waals surface area (Å²) < 4.78 is 0. The van der Waals surface area contributed by atoms with Crippen LogP contribution in [0.15, 0.2) is 54.6 Å². The van der Waals surface area contributed by atoms with E-state index in [-0.39, 0.29) is 0 Å². The maximum absolute atomic E-state index is 3.83. The molecule has 14 heavy (non-hydrogen) atoms. The molecule has 0 spiro atoms. The number of benzene rings is 1. The Morgan fingerprint density at radius 3 is 2.50 bits per heavy atom. The highest BCUT2D eigenvalue weighted by molar-refractivity contribution is 5.23. The highest BCUT2D eigenvalue weighted by Crippen LogP contribution is 2.17. The van der Waals surface area contributed by atoms with Gasteiger partial charge in [-0.05, 0) is 30.4 Å². The zero-order valence-corrected chi connectivity index (χ0v) is 9.03. The first-order chi connectivity index (χ1) is 6.77. The SMILES string of the molecule is C=C/C(=C\C)C(C)Cc1ccccc1. The van der Waals surface area contributed by atoms with E-state index in [0.29, 0.717) is 5.92 Å². The minimum atomic E-state index is 0.555. The Labute approximate surface area is 87.0 Å². The Morgan fingerprint density at radius 2 is 2.00 bits per heavy atom. The van der Waals surface area contributed by atoms with Crippen molar-refractivity contribution >= 4 is 0 Å². The zero-order valence-electron chi connectivity index (χ0n) is 9.03. The average Bonchev–Trinajstić information content (AvgIpc) is 2.21. The third-order valence-electron chi connectivity index (χ3n) is 2.52. The molecule has 0 radical (unpaired) electrons. The lowest BCUT2D eigenvalue weighted by Gasteiger charge is -2.12. The van der Waals surface area contributed by atoms with E-state index in [1.54, 1.807) is 0 Å². The van der Waals surface area contributed by atoms with E-state index in [2.05, 4.69) is 56.8 Å². The minimum absolute atomic E-state index is 0.555. The number of rotatable bonds is 4. The van der Waals surface area contributed by atoms with Crippen molar-refractivity contribution in [1.29, 1.82) is 0 Å². The second-order valence-corrected chi connectivity index (χ2v) is 3.58. The summed E-state index contributed by atoms with van der Waals surface area (Å²) in [5.74, 6) is 0.555. The molecule has 0 aliphatic carbocycles. The number of hydrogen-bond acceptors (Lipinski definition) is 0. The molecular formula is C14H18. The average molecular weight is 186 g/mol. The van der Waals surface area contributed by atoms with Crippen molar-refractivity contribution in [3.8, 4) is 0 Å². The fourth-order valence-electron chi connectivity index (χ4n) is 1.69. The molecule has 0 N–H and O–H groups in total. The first-order valence-corrected chi connectivity index (χ1v) is 5.10. The van der Waals surface area contributed by atoms with Crippen LogP contribution in [0.3, 0.4) is 0 Å². The van der Waals surface area contributed by atoms with Crippen molar-refractivity contribution in [3.05, 3.63) is 60.2 Å². The summed E-state index contributed by atoms with van der Waals surface area (Å²) in [6, 6.07) is 10.6. The molecule has 1 rings (SSSR count). The third kappa shape index (κ3) is 2.88. The van der Waals surface area contributed by atoms with Gasteiger partial charge in [0.2, 0.25) is 0 Å². The first-order valence-electron chi connectivity index (χ1n) is 5.10. The molecule has 0 fully saturated rings. The maximum atomic E-state index is 3.83. The van der Waals surface area contributed by atoms with Gasteiger partial charge in [0.15, 0.2) is 0 Å². The molecule has 0 heterocycles. The van der Waals surface area contributed by atoms with Gasteiger partial charge in [0, 0.05) is 0 Å².